The fraction of sp³-hybridized carbons (Fsp3) is 0.176. The van der Waals surface area contributed by atoms with E-state index in [-0.39, 0.29) is 40.8 Å². The van der Waals surface area contributed by atoms with Crippen LogP contribution in [0.4, 0.5) is 11.4 Å². The minimum atomic E-state index is -0.642. The Balaban J connectivity index is 1.95. The standard InChI is InChI=1S/C17H14N2O7/c1-9(20)11-6-15-16(26-8-25-15)7-12(11)18-17(21)10-3-4-14(24-2)13(5-10)19(22)23/h3-7H,8H2,1-2H3,(H,18,21). The van der Waals surface area contributed by atoms with Crippen molar-refractivity contribution in [2.75, 3.05) is 19.2 Å². The van der Waals surface area contributed by atoms with E-state index in [9.17, 15) is 19.7 Å². The third-order valence-electron chi connectivity index (χ3n) is 3.78. The van der Waals surface area contributed by atoms with Crippen molar-refractivity contribution in [3.05, 3.63) is 51.6 Å². The number of carbonyl (C=O) groups excluding carboxylic acids is 2. The molecular weight excluding hydrogens is 344 g/mol. The summed E-state index contributed by atoms with van der Waals surface area (Å²) < 4.78 is 15.4. The van der Waals surface area contributed by atoms with Gasteiger partial charge in [-0.15, -0.1) is 0 Å². The van der Waals surface area contributed by atoms with Gasteiger partial charge in [0, 0.05) is 23.3 Å². The lowest BCUT2D eigenvalue weighted by Gasteiger charge is -2.11. The maximum Gasteiger partial charge on any atom is 0.311 e. The third-order valence-corrected chi connectivity index (χ3v) is 3.78. The van der Waals surface area contributed by atoms with Crippen LogP contribution in [0.15, 0.2) is 30.3 Å². The zero-order chi connectivity index (χ0) is 18.8. The summed E-state index contributed by atoms with van der Waals surface area (Å²) in [5.74, 6) is -0.0465. The fourth-order valence-corrected chi connectivity index (χ4v) is 2.51. The number of Topliss-reactive ketones (excluding diaryl/α,β-unsaturated/α-hetero) is 1. The molecule has 1 heterocycles. The second-order valence-corrected chi connectivity index (χ2v) is 5.41. The van der Waals surface area contributed by atoms with Gasteiger partial charge in [-0.2, -0.15) is 0 Å². The molecule has 0 unspecified atom stereocenters. The van der Waals surface area contributed by atoms with E-state index >= 15 is 0 Å². The molecule has 1 amide bonds. The topological polar surface area (TPSA) is 117 Å². The van der Waals surface area contributed by atoms with Gasteiger partial charge in [0.25, 0.3) is 5.91 Å². The minimum absolute atomic E-state index is 0.0226. The molecule has 0 bridgehead atoms. The highest BCUT2D eigenvalue weighted by atomic mass is 16.7. The molecule has 1 N–H and O–H groups in total. The van der Waals surface area contributed by atoms with Gasteiger partial charge in [0.15, 0.2) is 23.0 Å². The zero-order valence-electron chi connectivity index (χ0n) is 13.9. The normalized spacial score (nSPS) is 11.8. The van der Waals surface area contributed by atoms with Crippen molar-refractivity contribution in [2.24, 2.45) is 0 Å². The number of nitro groups is 1. The molecule has 0 fully saturated rings. The maximum atomic E-state index is 12.5. The first-order chi connectivity index (χ1) is 12.4. The summed E-state index contributed by atoms with van der Waals surface area (Å²) >= 11 is 0. The van der Waals surface area contributed by atoms with E-state index in [1.807, 2.05) is 0 Å². The number of fused-ring (bicyclic) bond motifs is 1. The molecule has 1 aliphatic rings. The highest BCUT2D eigenvalue weighted by Crippen LogP contribution is 2.37. The van der Waals surface area contributed by atoms with Gasteiger partial charge in [0.1, 0.15) is 0 Å². The largest absolute Gasteiger partial charge is 0.490 e. The summed E-state index contributed by atoms with van der Waals surface area (Å²) in [6.07, 6.45) is 0. The Morgan fingerprint density at radius 3 is 2.50 bits per heavy atom. The smallest absolute Gasteiger partial charge is 0.311 e. The Bertz CT molecular complexity index is 924. The average Bonchev–Trinajstić information content (AvgIpc) is 3.07. The van der Waals surface area contributed by atoms with Crippen LogP contribution in [0.1, 0.15) is 27.6 Å². The predicted molar refractivity (Wildman–Crippen MR) is 90.2 cm³/mol. The Labute approximate surface area is 147 Å². The lowest BCUT2D eigenvalue weighted by Crippen LogP contribution is -2.14. The van der Waals surface area contributed by atoms with Crippen LogP contribution < -0.4 is 19.5 Å². The van der Waals surface area contributed by atoms with E-state index < -0.39 is 10.8 Å². The summed E-state index contributed by atoms with van der Waals surface area (Å²) in [4.78, 5) is 34.8. The molecule has 0 aromatic heterocycles. The highest BCUT2D eigenvalue weighted by molar-refractivity contribution is 6.09. The van der Waals surface area contributed by atoms with E-state index in [2.05, 4.69) is 5.32 Å². The van der Waals surface area contributed by atoms with Crippen molar-refractivity contribution in [3.63, 3.8) is 0 Å². The summed E-state index contributed by atoms with van der Waals surface area (Å²) in [5.41, 5.74) is 0.179. The van der Waals surface area contributed by atoms with Gasteiger partial charge in [0.05, 0.1) is 17.7 Å². The van der Waals surface area contributed by atoms with E-state index in [0.717, 1.165) is 6.07 Å². The quantitative estimate of drug-likeness (QED) is 0.496. The number of ether oxygens (including phenoxy) is 3. The molecule has 26 heavy (non-hydrogen) atoms. The van der Waals surface area contributed by atoms with Crippen molar-refractivity contribution in [1.82, 2.24) is 0 Å². The van der Waals surface area contributed by atoms with E-state index in [0.29, 0.717) is 11.5 Å². The second-order valence-electron chi connectivity index (χ2n) is 5.41. The number of nitro benzene ring substituents is 1. The van der Waals surface area contributed by atoms with Crippen molar-refractivity contribution in [1.29, 1.82) is 0 Å². The van der Waals surface area contributed by atoms with E-state index in [1.165, 1.54) is 38.3 Å². The third kappa shape index (κ3) is 3.14. The van der Waals surface area contributed by atoms with Crippen molar-refractivity contribution in [3.8, 4) is 17.2 Å². The lowest BCUT2D eigenvalue weighted by molar-refractivity contribution is -0.385. The molecular formula is C17H14N2O7. The first-order valence-electron chi connectivity index (χ1n) is 7.49. The Hall–Kier alpha value is -3.62. The van der Waals surface area contributed by atoms with Gasteiger partial charge < -0.3 is 19.5 Å². The molecule has 0 saturated heterocycles. The Kier molecular flexibility index (Phi) is 4.44. The summed E-state index contributed by atoms with van der Waals surface area (Å²) in [5, 5.41) is 13.7. The van der Waals surface area contributed by atoms with Crippen molar-refractivity contribution in [2.45, 2.75) is 6.92 Å². The van der Waals surface area contributed by atoms with E-state index in [4.69, 9.17) is 14.2 Å². The van der Waals surface area contributed by atoms with Crippen LogP contribution in [-0.4, -0.2) is 30.5 Å². The number of rotatable bonds is 5. The van der Waals surface area contributed by atoms with Crippen LogP contribution in [0.5, 0.6) is 17.2 Å². The Morgan fingerprint density at radius 2 is 1.88 bits per heavy atom. The number of anilines is 1. The van der Waals surface area contributed by atoms with Crippen LogP contribution >= 0.6 is 0 Å². The zero-order valence-corrected chi connectivity index (χ0v) is 13.9. The summed E-state index contributed by atoms with van der Waals surface area (Å²) in [6.45, 7) is 1.38. The van der Waals surface area contributed by atoms with Crippen molar-refractivity contribution >= 4 is 23.1 Å². The summed E-state index contributed by atoms with van der Waals surface area (Å²) in [7, 11) is 1.30. The Morgan fingerprint density at radius 1 is 1.19 bits per heavy atom. The number of methoxy groups -OCH3 is 1. The number of amides is 1. The van der Waals surface area contributed by atoms with E-state index in [1.54, 1.807) is 0 Å². The first-order valence-corrected chi connectivity index (χ1v) is 7.49. The number of carbonyl (C=O) groups is 2. The molecule has 0 saturated carbocycles. The fourth-order valence-electron chi connectivity index (χ4n) is 2.51. The second kappa shape index (κ2) is 6.71. The molecule has 2 aromatic carbocycles. The minimum Gasteiger partial charge on any atom is -0.490 e. The number of ketones is 1. The first kappa shape index (κ1) is 17.2. The molecule has 2 aromatic rings. The van der Waals surface area contributed by atoms with Crippen LogP contribution in [-0.2, 0) is 0 Å². The monoisotopic (exact) mass is 358 g/mol. The number of hydrogen-bond acceptors (Lipinski definition) is 7. The van der Waals surface area contributed by atoms with Crippen molar-refractivity contribution < 1.29 is 28.7 Å². The SMILES string of the molecule is COc1ccc(C(=O)Nc2cc3c(cc2C(C)=O)OCO3)cc1[N+](=O)[O-]. The number of hydrogen-bond donors (Lipinski definition) is 1. The van der Waals surface area contributed by atoms with Gasteiger partial charge in [0.2, 0.25) is 6.79 Å². The molecule has 1 aliphatic heterocycles. The highest BCUT2D eigenvalue weighted by Gasteiger charge is 2.22. The molecule has 3 rings (SSSR count). The number of nitrogens with zero attached hydrogens (tertiary/aromatic N) is 1. The predicted octanol–water partition coefficient (Wildman–Crippen LogP) is 2.79. The lowest BCUT2D eigenvalue weighted by atomic mass is 10.1. The molecule has 134 valence electrons. The van der Waals surface area contributed by atoms with Gasteiger partial charge >= 0.3 is 5.69 Å². The summed E-state index contributed by atoms with van der Waals surface area (Å²) in [6, 6.07) is 6.79. The van der Waals surface area contributed by atoms with Gasteiger partial charge in [-0.25, -0.2) is 0 Å². The van der Waals surface area contributed by atoms with Crippen LogP contribution in [0, 0.1) is 10.1 Å². The molecule has 0 atom stereocenters. The van der Waals surface area contributed by atoms with Crippen LogP contribution in [0.2, 0.25) is 0 Å². The van der Waals surface area contributed by atoms with Crippen LogP contribution in [0.25, 0.3) is 0 Å². The maximum absolute atomic E-state index is 12.5. The average molecular weight is 358 g/mol. The van der Waals surface area contributed by atoms with Gasteiger partial charge in [-0.1, -0.05) is 0 Å². The number of nitrogens with one attached hydrogen (secondary N) is 1. The van der Waals surface area contributed by atoms with Gasteiger partial charge in [-0.05, 0) is 25.1 Å². The number of benzene rings is 2. The molecule has 0 radical (unpaired) electrons. The van der Waals surface area contributed by atoms with Crippen LogP contribution in [0.3, 0.4) is 0 Å². The molecule has 9 heteroatoms. The van der Waals surface area contributed by atoms with Gasteiger partial charge in [-0.3, -0.25) is 19.7 Å². The molecule has 0 aliphatic carbocycles. The molecule has 9 nitrogen and oxygen atoms in total. The molecule has 0 spiro atoms.